The van der Waals surface area contributed by atoms with E-state index in [1.807, 2.05) is 27.7 Å². The first-order valence-electron chi connectivity index (χ1n) is 14.0. The molecule has 4 aliphatic carbocycles. The Hall–Kier alpha value is -1.57. The van der Waals surface area contributed by atoms with Crippen LogP contribution in [-0.4, -0.2) is 58.3 Å². The van der Waals surface area contributed by atoms with E-state index in [9.17, 15) is 29.7 Å². The lowest BCUT2D eigenvalue weighted by atomic mass is 9.45. The summed E-state index contributed by atoms with van der Waals surface area (Å²) in [6.45, 7) is 11.9. The smallest absolute Gasteiger partial charge is 0.308 e. The Kier molecular flexibility index (Phi) is 7.35. The molecule has 0 aromatic rings. The third-order valence-electron chi connectivity index (χ3n) is 11.1. The lowest BCUT2D eigenvalue weighted by Crippen LogP contribution is -2.58. The van der Waals surface area contributed by atoms with E-state index in [0.29, 0.717) is 31.3 Å². The molecule has 4 rings (SSSR count). The van der Waals surface area contributed by atoms with Crippen molar-refractivity contribution < 1.29 is 34.4 Å². The molecule has 0 spiro atoms. The number of fused-ring (bicyclic) bond motifs is 4. The molecule has 0 amide bonds. The molecule has 0 unspecified atom stereocenters. The number of carbonyl (C=O) groups excluding carboxylic acids is 3. The van der Waals surface area contributed by atoms with Gasteiger partial charge in [0, 0.05) is 30.8 Å². The van der Waals surface area contributed by atoms with Crippen LogP contribution in [0.5, 0.6) is 0 Å². The fraction of sp³-hybridized carbons (Fsp3) is 0.833. The molecule has 7 heteroatoms. The molecule has 7 nitrogen and oxygen atoms in total. The SMILES string of the molecule is COC(=O)[C@H](C)CC(=O)C[C@@H](C)[C@H]1C[C@H](O)[C@H]2C3=C(C(=O)C[C@]12C)[C@@]1(C)CC[C@H](O)C(C)(C)[C@@H]1C[C@@H]3O. The van der Waals surface area contributed by atoms with E-state index in [4.69, 9.17) is 4.74 Å². The maximum atomic E-state index is 14.0. The van der Waals surface area contributed by atoms with Crippen molar-refractivity contribution in [2.45, 2.75) is 105 Å². The van der Waals surface area contributed by atoms with Gasteiger partial charge in [0.2, 0.25) is 0 Å². The molecule has 0 heterocycles. The minimum absolute atomic E-state index is 0.0231. The van der Waals surface area contributed by atoms with E-state index in [2.05, 4.69) is 6.92 Å². The molecule has 37 heavy (non-hydrogen) atoms. The average Bonchev–Trinajstić information content (AvgIpc) is 3.07. The van der Waals surface area contributed by atoms with Crippen molar-refractivity contribution in [3.05, 3.63) is 11.1 Å². The summed E-state index contributed by atoms with van der Waals surface area (Å²) in [5.74, 6) is -1.40. The number of hydrogen-bond donors (Lipinski definition) is 3. The van der Waals surface area contributed by atoms with Crippen molar-refractivity contribution in [1.82, 2.24) is 0 Å². The normalized spacial score (nSPS) is 42.4. The Labute approximate surface area is 221 Å². The topological polar surface area (TPSA) is 121 Å². The molecular formula is C30H46O7. The third kappa shape index (κ3) is 4.33. The molecule has 0 radical (unpaired) electrons. The van der Waals surface area contributed by atoms with Gasteiger partial charge in [-0.2, -0.15) is 0 Å². The molecule has 0 aliphatic heterocycles. The first-order valence-corrected chi connectivity index (χ1v) is 14.0. The third-order valence-corrected chi connectivity index (χ3v) is 11.1. The summed E-state index contributed by atoms with van der Waals surface area (Å²) in [4.78, 5) is 38.6. The maximum absolute atomic E-state index is 14.0. The number of allylic oxidation sites excluding steroid dienone is 1. The highest BCUT2D eigenvalue weighted by Gasteiger charge is 2.65. The summed E-state index contributed by atoms with van der Waals surface area (Å²) in [7, 11) is 1.31. The first kappa shape index (κ1) is 28.4. The minimum Gasteiger partial charge on any atom is -0.469 e. The second-order valence-corrected chi connectivity index (χ2v) is 13.8. The van der Waals surface area contributed by atoms with E-state index in [-0.39, 0.29) is 54.5 Å². The number of methoxy groups -OCH3 is 1. The molecule has 2 saturated carbocycles. The summed E-state index contributed by atoms with van der Waals surface area (Å²) >= 11 is 0. The van der Waals surface area contributed by atoms with Crippen LogP contribution in [0.1, 0.15) is 86.5 Å². The molecule has 10 atom stereocenters. The van der Waals surface area contributed by atoms with Crippen LogP contribution in [0.3, 0.4) is 0 Å². The molecule has 0 aromatic heterocycles. The van der Waals surface area contributed by atoms with Crippen LogP contribution in [0.4, 0.5) is 0 Å². The zero-order valence-electron chi connectivity index (χ0n) is 23.5. The van der Waals surface area contributed by atoms with Crippen LogP contribution in [0.25, 0.3) is 0 Å². The standard InChI is InChI=1S/C30H46O7/c1-15(10-17(31)11-16(2)27(36)37-7)18-12-20(33)25-24-19(32)13-22-28(3,4)23(35)8-9-29(22,5)26(24)21(34)14-30(18,25)6/h15-16,18-20,22-23,25,32-33,35H,8-14H2,1-7H3/t15-,16-,18-,19+,20+,22+,23+,25+,29+,30-/m1/s1. The summed E-state index contributed by atoms with van der Waals surface area (Å²) < 4.78 is 4.75. The van der Waals surface area contributed by atoms with Gasteiger partial charge in [0.15, 0.2) is 5.78 Å². The van der Waals surface area contributed by atoms with Gasteiger partial charge in [0.05, 0.1) is 31.3 Å². The molecule has 4 aliphatic rings. The van der Waals surface area contributed by atoms with Crippen LogP contribution in [0.2, 0.25) is 0 Å². The Morgan fingerprint density at radius 2 is 1.70 bits per heavy atom. The summed E-state index contributed by atoms with van der Waals surface area (Å²) in [6.07, 6.45) is 0.894. The van der Waals surface area contributed by atoms with Gasteiger partial charge < -0.3 is 20.1 Å². The Balaban J connectivity index is 1.65. The largest absolute Gasteiger partial charge is 0.469 e. The average molecular weight is 519 g/mol. The molecule has 0 bridgehead atoms. The van der Waals surface area contributed by atoms with Gasteiger partial charge in [-0.3, -0.25) is 14.4 Å². The van der Waals surface area contributed by atoms with Gasteiger partial charge in [-0.25, -0.2) is 0 Å². The number of ether oxygens (including phenoxy) is 1. The summed E-state index contributed by atoms with van der Waals surface area (Å²) in [5, 5.41) is 33.7. The van der Waals surface area contributed by atoms with Crippen LogP contribution in [0.15, 0.2) is 11.1 Å². The van der Waals surface area contributed by atoms with E-state index in [0.717, 1.165) is 5.57 Å². The van der Waals surface area contributed by atoms with Gasteiger partial charge in [0.1, 0.15) is 5.78 Å². The number of aliphatic hydroxyl groups is 3. The highest BCUT2D eigenvalue weighted by atomic mass is 16.5. The van der Waals surface area contributed by atoms with Crippen LogP contribution >= 0.6 is 0 Å². The number of carbonyl (C=O) groups is 3. The molecule has 0 aromatic carbocycles. The molecule has 208 valence electrons. The number of aliphatic hydroxyl groups excluding tert-OH is 3. The van der Waals surface area contributed by atoms with Crippen LogP contribution in [0, 0.1) is 45.8 Å². The van der Waals surface area contributed by atoms with E-state index >= 15 is 0 Å². The van der Waals surface area contributed by atoms with Gasteiger partial charge in [-0.15, -0.1) is 0 Å². The van der Waals surface area contributed by atoms with Gasteiger partial charge in [-0.1, -0.05) is 41.5 Å². The predicted molar refractivity (Wildman–Crippen MR) is 138 cm³/mol. The van der Waals surface area contributed by atoms with Crippen molar-refractivity contribution in [3.63, 3.8) is 0 Å². The fourth-order valence-electron chi connectivity index (χ4n) is 9.25. The van der Waals surface area contributed by atoms with Crippen molar-refractivity contribution in [3.8, 4) is 0 Å². The number of hydrogen-bond acceptors (Lipinski definition) is 7. The van der Waals surface area contributed by atoms with Gasteiger partial charge in [-0.05, 0) is 65.3 Å². The molecule has 2 fully saturated rings. The predicted octanol–water partition coefficient (Wildman–Crippen LogP) is 3.62. The Bertz CT molecular complexity index is 998. The van der Waals surface area contributed by atoms with E-state index < -0.39 is 46.4 Å². The maximum Gasteiger partial charge on any atom is 0.308 e. The number of esters is 1. The fourth-order valence-corrected chi connectivity index (χ4v) is 9.25. The summed E-state index contributed by atoms with van der Waals surface area (Å²) in [6, 6.07) is 0. The molecular weight excluding hydrogens is 472 g/mol. The Morgan fingerprint density at radius 1 is 1.05 bits per heavy atom. The zero-order valence-corrected chi connectivity index (χ0v) is 23.5. The second-order valence-electron chi connectivity index (χ2n) is 13.8. The van der Waals surface area contributed by atoms with E-state index in [1.165, 1.54) is 7.11 Å². The number of Topliss-reactive ketones (excluding diaryl/α,β-unsaturated/α-hetero) is 2. The monoisotopic (exact) mass is 518 g/mol. The van der Waals surface area contributed by atoms with Gasteiger partial charge in [0.25, 0.3) is 0 Å². The van der Waals surface area contributed by atoms with Crippen LogP contribution < -0.4 is 0 Å². The minimum atomic E-state index is -0.836. The van der Waals surface area contributed by atoms with Crippen molar-refractivity contribution >= 4 is 17.5 Å². The molecule has 3 N–H and O–H groups in total. The molecule has 0 saturated heterocycles. The zero-order chi connectivity index (χ0) is 27.7. The number of ketones is 2. The highest BCUT2D eigenvalue weighted by molar-refractivity contribution is 6.00. The van der Waals surface area contributed by atoms with E-state index in [1.54, 1.807) is 6.92 Å². The lowest BCUT2D eigenvalue weighted by molar-refractivity contribution is -0.146. The second kappa shape index (κ2) is 9.56. The van der Waals surface area contributed by atoms with Crippen molar-refractivity contribution in [2.75, 3.05) is 7.11 Å². The number of rotatable bonds is 6. The Morgan fingerprint density at radius 3 is 2.32 bits per heavy atom. The quantitative estimate of drug-likeness (QED) is 0.459. The first-order chi connectivity index (χ1) is 17.1. The van der Waals surface area contributed by atoms with Crippen LogP contribution in [-0.2, 0) is 19.1 Å². The van der Waals surface area contributed by atoms with Crippen molar-refractivity contribution in [1.29, 1.82) is 0 Å². The highest BCUT2D eigenvalue weighted by Crippen LogP contribution is 2.67. The lowest BCUT2D eigenvalue weighted by Gasteiger charge is -2.60. The van der Waals surface area contributed by atoms with Gasteiger partial charge >= 0.3 is 5.97 Å². The summed E-state index contributed by atoms with van der Waals surface area (Å²) in [5.41, 5.74) is -0.0112. The van der Waals surface area contributed by atoms with Crippen molar-refractivity contribution in [2.24, 2.45) is 45.8 Å².